The van der Waals surface area contributed by atoms with Crippen LogP contribution in [0.1, 0.15) is 41.8 Å². The Balaban J connectivity index is 1.89. The highest BCUT2D eigenvalue weighted by Crippen LogP contribution is 2.28. The van der Waals surface area contributed by atoms with E-state index in [-0.39, 0.29) is 17.8 Å². The van der Waals surface area contributed by atoms with E-state index in [0.717, 1.165) is 12.0 Å². The fourth-order valence-electron chi connectivity index (χ4n) is 3.16. The summed E-state index contributed by atoms with van der Waals surface area (Å²) in [4.78, 5) is 22.4. The maximum absolute atomic E-state index is 13.0. The molecule has 4 rings (SSSR count). The van der Waals surface area contributed by atoms with E-state index in [1.165, 1.54) is 10.2 Å². The Morgan fingerprint density at radius 2 is 1.83 bits per heavy atom. The van der Waals surface area contributed by atoms with Crippen LogP contribution < -0.4 is 11.1 Å². The molecule has 0 saturated carbocycles. The molecule has 0 aliphatic heterocycles. The van der Waals surface area contributed by atoms with Gasteiger partial charge in [-0.25, -0.2) is 9.97 Å². The SMILES string of the molecule is CCC(C)NC(=O)c1c(N)n(N=Cc2ccc(C)cc2)c2nc3ccccc3nc12. The second-order valence-corrected chi connectivity index (χ2v) is 7.39. The molecule has 7 nitrogen and oxygen atoms in total. The number of nitrogens with zero attached hydrogens (tertiary/aromatic N) is 4. The first-order valence-electron chi connectivity index (χ1n) is 9.96. The van der Waals surface area contributed by atoms with Gasteiger partial charge in [0, 0.05) is 6.04 Å². The van der Waals surface area contributed by atoms with Crippen LogP contribution in [0.3, 0.4) is 0 Å². The fraction of sp³-hybridized carbons (Fsp3) is 0.217. The van der Waals surface area contributed by atoms with Gasteiger partial charge in [-0.3, -0.25) is 4.79 Å². The van der Waals surface area contributed by atoms with Gasteiger partial charge in [-0.05, 0) is 38.0 Å². The monoisotopic (exact) mass is 400 g/mol. The van der Waals surface area contributed by atoms with Gasteiger partial charge < -0.3 is 11.1 Å². The predicted octanol–water partition coefficient (Wildman–Crippen LogP) is 3.89. The second-order valence-electron chi connectivity index (χ2n) is 7.39. The standard InChI is InChI=1S/C23H24N6O/c1-4-15(3)26-23(30)19-20-22(28-18-8-6-5-7-17(18)27-20)29(21(19)24)25-13-16-11-9-14(2)10-12-16/h5-13,15H,4,24H2,1-3H3,(H,26,30). The molecular formula is C23H24N6O. The summed E-state index contributed by atoms with van der Waals surface area (Å²) >= 11 is 0. The largest absolute Gasteiger partial charge is 0.383 e. The molecule has 0 bridgehead atoms. The van der Waals surface area contributed by atoms with E-state index in [2.05, 4.69) is 15.4 Å². The van der Waals surface area contributed by atoms with Gasteiger partial charge in [-0.2, -0.15) is 9.78 Å². The highest BCUT2D eigenvalue weighted by atomic mass is 16.1. The van der Waals surface area contributed by atoms with E-state index in [1.54, 1.807) is 6.21 Å². The minimum Gasteiger partial charge on any atom is -0.383 e. The molecule has 0 aliphatic rings. The number of fused-ring (bicyclic) bond motifs is 2. The molecule has 0 saturated heterocycles. The summed E-state index contributed by atoms with van der Waals surface area (Å²) in [6.07, 6.45) is 2.51. The Kier molecular flexibility index (Phi) is 5.18. The Bertz CT molecular complexity index is 1260. The lowest BCUT2D eigenvalue weighted by Gasteiger charge is -2.11. The van der Waals surface area contributed by atoms with Crippen molar-refractivity contribution in [1.82, 2.24) is 20.0 Å². The first kappa shape index (κ1) is 19.6. The number of aromatic nitrogens is 3. The van der Waals surface area contributed by atoms with E-state index in [9.17, 15) is 4.79 Å². The average Bonchev–Trinajstić information content (AvgIpc) is 3.01. The number of nitrogen functional groups attached to an aromatic ring is 1. The Morgan fingerprint density at radius 3 is 2.50 bits per heavy atom. The second kappa shape index (κ2) is 7.94. The summed E-state index contributed by atoms with van der Waals surface area (Å²) in [6, 6.07) is 15.5. The van der Waals surface area contributed by atoms with E-state index in [0.29, 0.717) is 27.8 Å². The summed E-state index contributed by atoms with van der Waals surface area (Å²) < 4.78 is 1.49. The van der Waals surface area contributed by atoms with E-state index < -0.39 is 0 Å². The van der Waals surface area contributed by atoms with Gasteiger partial charge in [0.15, 0.2) is 5.65 Å². The number of nitrogens with one attached hydrogen (secondary N) is 1. The Labute approximate surface area is 174 Å². The van der Waals surface area contributed by atoms with Crippen LogP contribution in [0.5, 0.6) is 0 Å². The summed E-state index contributed by atoms with van der Waals surface area (Å²) in [6.45, 7) is 5.99. The first-order chi connectivity index (χ1) is 14.5. The third-order valence-corrected chi connectivity index (χ3v) is 5.09. The van der Waals surface area contributed by atoms with Crippen molar-refractivity contribution in [3.8, 4) is 0 Å². The third-order valence-electron chi connectivity index (χ3n) is 5.09. The van der Waals surface area contributed by atoms with Crippen molar-refractivity contribution < 1.29 is 4.79 Å². The predicted molar refractivity (Wildman–Crippen MR) is 121 cm³/mol. The summed E-state index contributed by atoms with van der Waals surface area (Å²) in [7, 11) is 0. The lowest BCUT2D eigenvalue weighted by Crippen LogP contribution is -2.32. The van der Waals surface area contributed by atoms with Crippen molar-refractivity contribution >= 4 is 40.1 Å². The van der Waals surface area contributed by atoms with Gasteiger partial charge in [-0.1, -0.05) is 48.9 Å². The molecule has 30 heavy (non-hydrogen) atoms. The molecule has 1 unspecified atom stereocenters. The number of hydrogen-bond donors (Lipinski definition) is 2. The summed E-state index contributed by atoms with van der Waals surface area (Å²) in [5, 5.41) is 7.50. The molecule has 4 aromatic rings. The Hall–Kier alpha value is -3.74. The van der Waals surface area contributed by atoms with Crippen LogP contribution in [0.4, 0.5) is 5.82 Å². The maximum atomic E-state index is 13.0. The van der Waals surface area contributed by atoms with Gasteiger partial charge in [0.05, 0.1) is 17.2 Å². The number of benzene rings is 2. The molecule has 0 aliphatic carbocycles. The van der Waals surface area contributed by atoms with Crippen LogP contribution in [-0.4, -0.2) is 32.8 Å². The summed E-state index contributed by atoms with van der Waals surface area (Å²) in [5.41, 5.74) is 11.1. The smallest absolute Gasteiger partial charge is 0.257 e. The molecule has 1 amide bonds. The van der Waals surface area contributed by atoms with Crippen LogP contribution >= 0.6 is 0 Å². The van der Waals surface area contributed by atoms with Gasteiger partial charge in [0.25, 0.3) is 5.91 Å². The molecule has 152 valence electrons. The van der Waals surface area contributed by atoms with Crippen molar-refractivity contribution in [1.29, 1.82) is 0 Å². The molecule has 3 N–H and O–H groups in total. The van der Waals surface area contributed by atoms with Crippen molar-refractivity contribution in [2.24, 2.45) is 5.10 Å². The molecule has 2 aromatic heterocycles. The molecule has 0 spiro atoms. The van der Waals surface area contributed by atoms with Crippen molar-refractivity contribution in [3.63, 3.8) is 0 Å². The molecule has 7 heteroatoms. The summed E-state index contributed by atoms with van der Waals surface area (Å²) in [5.74, 6) is -0.0646. The number of anilines is 1. The number of carbonyl (C=O) groups excluding carboxylic acids is 1. The topological polar surface area (TPSA) is 98.2 Å². The number of rotatable bonds is 5. The number of carbonyl (C=O) groups is 1. The molecule has 2 heterocycles. The zero-order chi connectivity index (χ0) is 21.3. The normalized spacial score (nSPS) is 12.6. The lowest BCUT2D eigenvalue weighted by atomic mass is 10.2. The fourth-order valence-corrected chi connectivity index (χ4v) is 3.16. The number of amides is 1. The molecular weight excluding hydrogens is 376 g/mol. The number of hydrogen-bond acceptors (Lipinski definition) is 5. The van der Waals surface area contributed by atoms with Gasteiger partial charge in [0.2, 0.25) is 0 Å². The zero-order valence-electron chi connectivity index (χ0n) is 17.3. The zero-order valence-corrected chi connectivity index (χ0v) is 17.3. The highest BCUT2D eigenvalue weighted by Gasteiger charge is 2.24. The minimum atomic E-state index is -0.277. The molecule has 1 atom stereocenters. The van der Waals surface area contributed by atoms with Crippen LogP contribution in [0, 0.1) is 6.92 Å². The first-order valence-corrected chi connectivity index (χ1v) is 9.96. The van der Waals surface area contributed by atoms with Crippen molar-refractivity contribution in [2.75, 3.05) is 5.73 Å². The molecule has 0 fully saturated rings. The van der Waals surface area contributed by atoms with Crippen LogP contribution in [0.15, 0.2) is 53.6 Å². The van der Waals surface area contributed by atoms with Crippen LogP contribution in [0.25, 0.3) is 22.2 Å². The van der Waals surface area contributed by atoms with Crippen molar-refractivity contribution in [2.45, 2.75) is 33.2 Å². The minimum absolute atomic E-state index is 0.0137. The number of para-hydroxylation sites is 2. The van der Waals surface area contributed by atoms with E-state index in [1.807, 2.05) is 69.3 Å². The van der Waals surface area contributed by atoms with Crippen LogP contribution in [0.2, 0.25) is 0 Å². The van der Waals surface area contributed by atoms with Crippen molar-refractivity contribution in [3.05, 3.63) is 65.2 Å². The lowest BCUT2D eigenvalue weighted by molar-refractivity contribution is 0.0941. The van der Waals surface area contributed by atoms with Gasteiger partial charge in [-0.15, -0.1) is 0 Å². The van der Waals surface area contributed by atoms with Gasteiger partial charge in [0.1, 0.15) is 16.9 Å². The Morgan fingerprint density at radius 1 is 1.17 bits per heavy atom. The van der Waals surface area contributed by atoms with E-state index >= 15 is 0 Å². The average molecular weight is 400 g/mol. The number of aryl methyl sites for hydroxylation is 1. The molecule has 0 radical (unpaired) electrons. The van der Waals surface area contributed by atoms with Gasteiger partial charge >= 0.3 is 0 Å². The third kappa shape index (κ3) is 3.61. The van der Waals surface area contributed by atoms with Crippen LogP contribution in [-0.2, 0) is 0 Å². The number of nitrogens with two attached hydrogens (primary N) is 1. The quantitative estimate of drug-likeness (QED) is 0.497. The maximum Gasteiger partial charge on any atom is 0.257 e. The highest BCUT2D eigenvalue weighted by molar-refractivity contribution is 6.10. The molecule has 2 aromatic carbocycles. The van der Waals surface area contributed by atoms with E-state index in [4.69, 9.17) is 10.7 Å².